The van der Waals surface area contributed by atoms with Crippen LogP contribution in [0.3, 0.4) is 0 Å². The Labute approximate surface area is 103 Å². The Morgan fingerprint density at radius 2 is 2.22 bits per heavy atom. The monoisotopic (exact) mass is 248 g/mol. The van der Waals surface area contributed by atoms with Crippen LogP contribution in [0.1, 0.15) is 16.3 Å². The largest absolute Gasteiger partial charge is 0.454 e. The third-order valence-electron chi connectivity index (χ3n) is 2.31. The fraction of sp³-hybridized carbons (Fsp3) is 0.167. The maximum absolute atomic E-state index is 11.5. The maximum Gasteiger partial charge on any atom is 0.310 e. The van der Waals surface area contributed by atoms with E-state index in [0.29, 0.717) is 5.76 Å². The zero-order valence-electron chi connectivity index (χ0n) is 9.75. The molecule has 2 aromatic heterocycles. The lowest BCUT2D eigenvalue weighted by atomic mass is 10.4. The smallest absolute Gasteiger partial charge is 0.310 e. The summed E-state index contributed by atoms with van der Waals surface area (Å²) in [7, 11) is 1.34. The van der Waals surface area contributed by atoms with E-state index in [1.165, 1.54) is 23.8 Å². The molecule has 0 unspecified atom stereocenters. The zero-order chi connectivity index (χ0) is 13.0. The zero-order valence-corrected chi connectivity index (χ0v) is 9.75. The van der Waals surface area contributed by atoms with E-state index >= 15 is 0 Å². The summed E-state index contributed by atoms with van der Waals surface area (Å²) < 4.78 is 6.79. The molecule has 2 heterocycles. The highest BCUT2D eigenvalue weighted by Gasteiger charge is 2.10. The van der Waals surface area contributed by atoms with Crippen molar-refractivity contribution in [3.63, 3.8) is 0 Å². The van der Waals surface area contributed by atoms with Gasteiger partial charge in [-0.25, -0.2) is 5.48 Å². The maximum atomic E-state index is 11.5. The fourth-order valence-corrected chi connectivity index (χ4v) is 1.49. The molecule has 0 saturated carbocycles. The lowest BCUT2D eigenvalue weighted by molar-refractivity contribution is 0.0508. The van der Waals surface area contributed by atoms with Crippen LogP contribution in [0.2, 0.25) is 0 Å². The molecule has 94 valence electrons. The first kappa shape index (κ1) is 12.1. The summed E-state index contributed by atoms with van der Waals surface area (Å²) >= 11 is 0. The highest BCUT2D eigenvalue weighted by atomic mass is 16.6. The van der Waals surface area contributed by atoms with Crippen molar-refractivity contribution in [3.8, 4) is 0 Å². The number of aromatic nitrogens is 1. The highest BCUT2D eigenvalue weighted by Crippen LogP contribution is 2.08. The number of hydroxylamine groups is 1. The van der Waals surface area contributed by atoms with Gasteiger partial charge in [0.1, 0.15) is 5.76 Å². The van der Waals surface area contributed by atoms with Crippen molar-refractivity contribution in [2.75, 3.05) is 7.11 Å². The summed E-state index contributed by atoms with van der Waals surface area (Å²) in [4.78, 5) is 27.4. The molecule has 0 aliphatic rings. The number of carbonyl (C=O) groups excluding carboxylic acids is 1. The Balaban J connectivity index is 2.14. The van der Waals surface area contributed by atoms with Crippen LogP contribution < -0.4 is 11.0 Å². The molecule has 6 nitrogen and oxygen atoms in total. The highest BCUT2D eigenvalue weighted by molar-refractivity contribution is 5.90. The van der Waals surface area contributed by atoms with Crippen LogP contribution in [0.4, 0.5) is 0 Å². The number of nitrogens with zero attached hydrogens (tertiary/aromatic N) is 1. The van der Waals surface area contributed by atoms with Gasteiger partial charge in [0.2, 0.25) is 0 Å². The van der Waals surface area contributed by atoms with E-state index in [0.717, 1.165) is 0 Å². The Kier molecular flexibility index (Phi) is 3.59. The summed E-state index contributed by atoms with van der Waals surface area (Å²) in [6.07, 6.45) is 1.65. The van der Waals surface area contributed by atoms with Gasteiger partial charge in [0.15, 0.2) is 5.76 Å². The van der Waals surface area contributed by atoms with E-state index in [4.69, 9.17) is 4.42 Å². The first-order valence-corrected chi connectivity index (χ1v) is 5.28. The van der Waals surface area contributed by atoms with Crippen molar-refractivity contribution in [2.24, 2.45) is 0 Å². The molecule has 0 bridgehead atoms. The molecular formula is C12H12N2O4. The first-order valence-electron chi connectivity index (χ1n) is 5.28. The van der Waals surface area contributed by atoms with Gasteiger partial charge in [0.05, 0.1) is 13.7 Å². The summed E-state index contributed by atoms with van der Waals surface area (Å²) in [6, 6.07) is 8.05. The number of amides is 1. The van der Waals surface area contributed by atoms with Crippen LogP contribution in [0, 0.1) is 0 Å². The van der Waals surface area contributed by atoms with Gasteiger partial charge in [-0.2, -0.15) is 0 Å². The molecule has 0 aliphatic heterocycles. The molecule has 0 fully saturated rings. The van der Waals surface area contributed by atoms with Crippen molar-refractivity contribution in [1.82, 2.24) is 10.0 Å². The number of hydrogen-bond donors (Lipinski definition) is 1. The standard InChI is InChI=1S/C12H12N2O4/c1-17-13-12(16)10-6-5-9(18-10)8-14-7-3-2-4-11(14)15/h2-7H,8H2,1H3,(H,13,16). The Morgan fingerprint density at radius 1 is 1.39 bits per heavy atom. The molecule has 18 heavy (non-hydrogen) atoms. The lowest BCUT2D eigenvalue weighted by Gasteiger charge is -2.01. The van der Waals surface area contributed by atoms with Crippen molar-refractivity contribution in [3.05, 3.63) is 58.4 Å². The lowest BCUT2D eigenvalue weighted by Crippen LogP contribution is -2.21. The van der Waals surface area contributed by atoms with Gasteiger partial charge in [-0.1, -0.05) is 6.07 Å². The first-order chi connectivity index (χ1) is 8.70. The van der Waals surface area contributed by atoms with Crippen molar-refractivity contribution in [2.45, 2.75) is 6.54 Å². The molecule has 0 atom stereocenters. The van der Waals surface area contributed by atoms with E-state index < -0.39 is 5.91 Å². The third-order valence-corrected chi connectivity index (χ3v) is 2.31. The predicted molar refractivity (Wildman–Crippen MR) is 63.0 cm³/mol. The Hall–Kier alpha value is -2.34. The SMILES string of the molecule is CONC(=O)c1ccc(Cn2ccccc2=O)o1. The van der Waals surface area contributed by atoms with E-state index in [1.54, 1.807) is 24.4 Å². The minimum Gasteiger partial charge on any atom is -0.454 e. The van der Waals surface area contributed by atoms with Crippen LogP contribution in [0.15, 0.2) is 45.7 Å². The van der Waals surface area contributed by atoms with Crippen molar-refractivity contribution in [1.29, 1.82) is 0 Å². The van der Waals surface area contributed by atoms with Crippen LogP contribution in [-0.2, 0) is 11.4 Å². The predicted octanol–water partition coefficient (Wildman–Crippen LogP) is 0.781. The van der Waals surface area contributed by atoms with Crippen LogP contribution in [0.25, 0.3) is 0 Å². The van der Waals surface area contributed by atoms with Gasteiger partial charge >= 0.3 is 5.91 Å². The topological polar surface area (TPSA) is 73.5 Å². The third kappa shape index (κ3) is 2.67. The van der Waals surface area contributed by atoms with Crippen LogP contribution in [0.5, 0.6) is 0 Å². The molecule has 0 radical (unpaired) electrons. The van der Waals surface area contributed by atoms with Gasteiger partial charge < -0.3 is 8.98 Å². The average Bonchev–Trinajstić information content (AvgIpc) is 2.81. The number of rotatable bonds is 4. The molecule has 1 amide bonds. The van der Waals surface area contributed by atoms with Crippen molar-refractivity contribution < 1.29 is 14.0 Å². The summed E-state index contributed by atoms with van der Waals surface area (Å²) in [6.45, 7) is 0.278. The minimum absolute atomic E-state index is 0.128. The molecule has 1 N–H and O–H groups in total. The number of nitrogens with one attached hydrogen (secondary N) is 1. The molecule has 0 aromatic carbocycles. The van der Waals surface area contributed by atoms with Gasteiger partial charge in [-0.05, 0) is 18.2 Å². The Bertz CT molecular complexity index is 600. The normalized spacial score (nSPS) is 10.3. The van der Waals surface area contributed by atoms with Crippen molar-refractivity contribution >= 4 is 5.91 Å². The van der Waals surface area contributed by atoms with E-state index in [2.05, 4.69) is 10.3 Å². The molecule has 0 aliphatic carbocycles. The fourth-order valence-electron chi connectivity index (χ4n) is 1.49. The second-order valence-corrected chi connectivity index (χ2v) is 3.57. The number of hydrogen-bond acceptors (Lipinski definition) is 4. The van der Waals surface area contributed by atoms with Gasteiger partial charge in [0, 0.05) is 12.3 Å². The molecule has 2 aromatic rings. The molecule has 0 spiro atoms. The second-order valence-electron chi connectivity index (χ2n) is 3.57. The van der Waals surface area contributed by atoms with Gasteiger partial charge in [-0.3, -0.25) is 14.4 Å². The van der Waals surface area contributed by atoms with Gasteiger partial charge in [-0.15, -0.1) is 0 Å². The van der Waals surface area contributed by atoms with Crippen LogP contribution >= 0.6 is 0 Å². The number of pyridine rings is 1. The molecule has 2 rings (SSSR count). The number of carbonyl (C=O) groups is 1. The second kappa shape index (κ2) is 5.33. The summed E-state index contributed by atoms with van der Waals surface area (Å²) in [5.41, 5.74) is 2.02. The van der Waals surface area contributed by atoms with E-state index in [-0.39, 0.29) is 17.9 Å². The summed E-state index contributed by atoms with van der Waals surface area (Å²) in [5, 5.41) is 0. The molecular weight excluding hydrogens is 236 g/mol. The number of furan rings is 1. The average molecular weight is 248 g/mol. The van der Waals surface area contributed by atoms with E-state index in [9.17, 15) is 9.59 Å². The van der Waals surface area contributed by atoms with Gasteiger partial charge in [0.25, 0.3) is 5.56 Å². The molecule has 6 heteroatoms. The Morgan fingerprint density at radius 3 is 2.94 bits per heavy atom. The summed E-state index contributed by atoms with van der Waals surface area (Å²) in [5.74, 6) is 0.185. The molecule has 0 saturated heterocycles. The van der Waals surface area contributed by atoms with E-state index in [1.807, 2.05) is 0 Å². The quantitative estimate of drug-likeness (QED) is 0.811. The van der Waals surface area contributed by atoms with Crippen LogP contribution in [-0.4, -0.2) is 17.6 Å². The minimum atomic E-state index is -0.468.